The van der Waals surface area contributed by atoms with E-state index in [9.17, 15) is 14.9 Å². The topological polar surface area (TPSA) is 79.2 Å². The Morgan fingerprint density at radius 3 is 2.67 bits per heavy atom. The molecule has 2 rings (SSSR count). The van der Waals surface area contributed by atoms with Crippen LogP contribution < -0.4 is 5.32 Å². The van der Waals surface area contributed by atoms with Gasteiger partial charge in [0.25, 0.3) is 0 Å². The molecule has 0 fully saturated rings. The zero-order valence-corrected chi connectivity index (χ0v) is 14.4. The van der Waals surface area contributed by atoms with Crippen molar-refractivity contribution in [3.63, 3.8) is 0 Å². The minimum atomic E-state index is -1.08. The zero-order valence-electron chi connectivity index (χ0n) is 13.5. The maximum absolute atomic E-state index is 12.5. The lowest BCUT2D eigenvalue weighted by atomic mass is 9.78. The number of nitrogens with one attached hydrogen (secondary N) is 1. The maximum Gasteiger partial charge on any atom is 0.319 e. The summed E-state index contributed by atoms with van der Waals surface area (Å²) >= 11 is 1.31. The molecule has 0 radical (unpaired) electrons. The zero-order chi connectivity index (χ0) is 17.7. The van der Waals surface area contributed by atoms with E-state index in [1.165, 1.54) is 18.9 Å². The van der Waals surface area contributed by atoms with Crippen LogP contribution in [-0.2, 0) is 14.3 Å². The average Bonchev–Trinajstić information content (AvgIpc) is 2.59. The molecule has 1 aliphatic rings. The standard InChI is InChI=1S/C18H18N2O3S/c1-4-9-24-17-13(10-19)14(12-7-5-11(2)6-8-12)15(16(21)20-17)18(22)23-3/h4-8,14-15H,1,9H2,2-3H3,(H,20,21)/t14-,15+/m1/s1. The summed E-state index contributed by atoms with van der Waals surface area (Å²) in [6.07, 6.45) is 1.69. The van der Waals surface area contributed by atoms with Gasteiger partial charge in [0, 0.05) is 11.7 Å². The van der Waals surface area contributed by atoms with Gasteiger partial charge in [0.2, 0.25) is 5.91 Å². The summed E-state index contributed by atoms with van der Waals surface area (Å²) in [7, 11) is 1.24. The first-order valence-electron chi connectivity index (χ1n) is 7.36. The molecule has 0 bridgehead atoms. The van der Waals surface area contributed by atoms with E-state index in [1.807, 2.05) is 31.2 Å². The molecule has 1 aliphatic heterocycles. The molecule has 24 heavy (non-hydrogen) atoms. The van der Waals surface area contributed by atoms with Crippen LogP contribution in [0.3, 0.4) is 0 Å². The van der Waals surface area contributed by atoms with Crippen molar-refractivity contribution in [3.05, 3.63) is 58.6 Å². The van der Waals surface area contributed by atoms with E-state index in [0.29, 0.717) is 16.4 Å². The summed E-state index contributed by atoms with van der Waals surface area (Å²) in [4.78, 5) is 24.7. The Hall–Kier alpha value is -2.52. The summed E-state index contributed by atoms with van der Waals surface area (Å²) in [5, 5.41) is 12.8. The Labute approximate surface area is 145 Å². The second kappa shape index (κ2) is 7.84. The number of nitrogens with zero attached hydrogens (tertiary/aromatic N) is 1. The van der Waals surface area contributed by atoms with Crippen LogP contribution in [0.15, 0.2) is 47.5 Å². The quantitative estimate of drug-likeness (QED) is 0.505. The lowest BCUT2D eigenvalue weighted by molar-refractivity contribution is -0.150. The van der Waals surface area contributed by atoms with Gasteiger partial charge in [0.1, 0.15) is 5.92 Å². The number of allylic oxidation sites excluding steroid dienone is 1. The SMILES string of the molecule is C=CCSC1=C(C#N)[C@@H](c2ccc(C)cc2)[C@H](C(=O)OC)C(=O)N1. The van der Waals surface area contributed by atoms with Crippen LogP contribution in [-0.4, -0.2) is 24.7 Å². The van der Waals surface area contributed by atoms with E-state index < -0.39 is 23.7 Å². The number of hydrogen-bond acceptors (Lipinski definition) is 5. The number of ether oxygens (including phenoxy) is 1. The van der Waals surface area contributed by atoms with Crippen molar-refractivity contribution in [1.29, 1.82) is 5.26 Å². The van der Waals surface area contributed by atoms with Crippen LogP contribution in [0.5, 0.6) is 0 Å². The number of aryl methyl sites for hydroxylation is 1. The number of esters is 1. The third-order valence-corrected chi connectivity index (χ3v) is 4.78. The maximum atomic E-state index is 12.5. The van der Waals surface area contributed by atoms with Gasteiger partial charge in [-0.1, -0.05) is 35.9 Å². The van der Waals surface area contributed by atoms with E-state index in [1.54, 1.807) is 6.08 Å². The van der Waals surface area contributed by atoms with Gasteiger partial charge in [-0.05, 0) is 12.5 Å². The van der Waals surface area contributed by atoms with Crippen molar-refractivity contribution in [1.82, 2.24) is 5.32 Å². The predicted molar refractivity (Wildman–Crippen MR) is 92.9 cm³/mol. The first-order chi connectivity index (χ1) is 11.5. The molecule has 1 aromatic carbocycles. The molecule has 5 nitrogen and oxygen atoms in total. The highest BCUT2D eigenvalue weighted by Gasteiger charge is 2.44. The van der Waals surface area contributed by atoms with Gasteiger partial charge >= 0.3 is 5.97 Å². The molecular weight excluding hydrogens is 324 g/mol. The summed E-state index contributed by atoms with van der Waals surface area (Å²) < 4.78 is 4.79. The molecule has 124 valence electrons. The number of amides is 1. The van der Waals surface area contributed by atoms with Crippen molar-refractivity contribution < 1.29 is 14.3 Å². The highest BCUT2D eigenvalue weighted by molar-refractivity contribution is 8.03. The fraction of sp³-hybridized carbons (Fsp3) is 0.278. The molecule has 1 N–H and O–H groups in total. The lowest BCUT2D eigenvalue weighted by Gasteiger charge is -2.30. The summed E-state index contributed by atoms with van der Waals surface area (Å²) in [6, 6.07) is 9.61. The lowest BCUT2D eigenvalue weighted by Crippen LogP contribution is -2.44. The Morgan fingerprint density at radius 1 is 1.46 bits per heavy atom. The minimum Gasteiger partial charge on any atom is -0.468 e. The van der Waals surface area contributed by atoms with Crippen LogP contribution >= 0.6 is 11.8 Å². The van der Waals surface area contributed by atoms with Crippen molar-refractivity contribution in [2.45, 2.75) is 12.8 Å². The van der Waals surface area contributed by atoms with Gasteiger partial charge in [-0.3, -0.25) is 9.59 Å². The van der Waals surface area contributed by atoms with Gasteiger partial charge in [-0.25, -0.2) is 0 Å². The Kier molecular flexibility index (Phi) is 5.83. The third-order valence-electron chi connectivity index (χ3n) is 3.77. The van der Waals surface area contributed by atoms with Gasteiger partial charge in [0.15, 0.2) is 0 Å². The Morgan fingerprint density at radius 2 is 2.12 bits per heavy atom. The molecule has 0 aliphatic carbocycles. The smallest absolute Gasteiger partial charge is 0.319 e. The van der Waals surface area contributed by atoms with Gasteiger partial charge in [0.05, 0.1) is 23.8 Å². The Balaban J connectivity index is 2.59. The second-order valence-electron chi connectivity index (χ2n) is 5.33. The van der Waals surface area contributed by atoms with Crippen molar-refractivity contribution in [2.24, 2.45) is 5.92 Å². The number of carbonyl (C=O) groups excluding carboxylic acids is 2. The molecule has 0 aromatic heterocycles. The number of rotatable bonds is 5. The van der Waals surface area contributed by atoms with Gasteiger partial charge in [-0.15, -0.1) is 18.3 Å². The van der Waals surface area contributed by atoms with Crippen molar-refractivity contribution >= 4 is 23.6 Å². The van der Waals surface area contributed by atoms with Crippen molar-refractivity contribution in [2.75, 3.05) is 12.9 Å². The molecule has 1 aromatic rings. The van der Waals surface area contributed by atoms with E-state index in [4.69, 9.17) is 4.74 Å². The molecule has 0 saturated heterocycles. The Bertz CT molecular complexity index is 732. The molecule has 0 spiro atoms. The number of benzene rings is 1. The molecule has 1 amide bonds. The van der Waals surface area contributed by atoms with E-state index in [2.05, 4.69) is 18.0 Å². The minimum absolute atomic E-state index is 0.362. The first kappa shape index (κ1) is 17.8. The van der Waals surface area contributed by atoms with Crippen LogP contribution in [0.4, 0.5) is 0 Å². The van der Waals surface area contributed by atoms with E-state index >= 15 is 0 Å². The molecular formula is C18H18N2O3S. The molecule has 1 heterocycles. The number of nitriles is 1. The third kappa shape index (κ3) is 3.52. The second-order valence-corrected chi connectivity index (χ2v) is 6.36. The summed E-state index contributed by atoms with van der Waals surface area (Å²) in [5.74, 6) is -2.31. The summed E-state index contributed by atoms with van der Waals surface area (Å²) in [5.41, 5.74) is 2.15. The van der Waals surface area contributed by atoms with Crippen LogP contribution in [0.25, 0.3) is 0 Å². The van der Waals surface area contributed by atoms with E-state index in [0.717, 1.165) is 11.1 Å². The normalized spacial score (nSPS) is 20.1. The van der Waals surface area contributed by atoms with E-state index in [-0.39, 0.29) is 0 Å². The number of carbonyl (C=O) groups is 2. The number of thioether (sulfide) groups is 1. The number of hydrogen-bond donors (Lipinski definition) is 1. The highest BCUT2D eigenvalue weighted by atomic mass is 32.2. The van der Waals surface area contributed by atoms with Crippen LogP contribution in [0, 0.1) is 24.2 Å². The van der Waals surface area contributed by atoms with Gasteiger partial charge in [-0.2, -0.15) is 5.26 Å². The number of methoxy groups -OCH3 is 1. The predicted octanol–water partition coefficient (Wildman–Crippen LogP) is 2.65. The highest BCUT2D eigenvalue weighted by Crippen LogP contribution is 2.40. The largest absolute Gasteiger partial charge is 0.468 e. The first-order valence-corrected chi connectivity index (χ1v) is 8.35. The van der Waals surface area contributed by atoms with Crippen LogP contribution in [0.2, 0.25) is 0 Å². The fourth-order valence-electron chi connectivity index (χ4n) is 2.60. The summed E-state index contributed by atoms with van der Waals surface area (Å²) in [6.45, 7) is 5.59. The molecule has 0 saturated carbocycles. The van der Waals surface area contributed by atoms with Gasteiger partial charge < -0.3 is 10.1 Å². The molecule has 2 atom stereocenters. The molecule has 0 unspecified atom stereocenters. The monoisotopic (exact) mass is 342 g/mol. The molecule has 6 heteroatoms. The fourth-order valence-corrected chi connectivity index (χ4v) is 3.38. The van der Waals surface area contributed by atoms with Crippen molar-refractivity contribution in [3.8, 4) is 6.07 Å². The van der Waals surface area contributed by atoms with Crippen LogP contribution in [0.1, 0.15) is 17.0 Å². The average molecular weight is 342 g/mol.